The molecular formula is C28H25Cl2NO5. The molecule has 6 nitrogen and oxygen atoms in total. The van der Waals surface area contributed by atoms with E-state index in [9.17, 15) is 14.4 Å². The van der Waals surface area contributed by atoms with Gasteiger partial charge in [0.25, 0.3) is 5.91 Å². The summed E-state index contributed by atoms with van der Waals surface area (Å²) in [4.78, 5) is 38.8. The number of halogens is 2. The van der Waals surface area contributed by atoms with Crippen LogP contribution in [0.5, 0.6) is 5.75 Å². The van der Waals surface area contributed by atoms with Gasteiger partial charge < -0.3 is 14.8 Å². The predicted octanol–water partition coefficient (Wildman–Crippen LogP) is 6.45. The number of nitrogens with one attached hydrogen (secondary N) is 1. The fourth-order valence-corrected chi connectivity index (χ4v) is 5.38. The number of hydrogen-bond acceptors (Lipinski definition) is 5. The van der Waals surface area contributed by atoms with Crippen LogP contribution in [0.4, 0.5) is 5.69 Å². The fraction of sp³-hybridized carbons (Fsp3) is 0.321. The molecule has 186 valence electrons. The minimum absolute atomic E-state index is 0.0360. The normalized spacial score (nSPS) is 18.0. The molecule has 2 aliphatic carbocycles. The monoisotopic (exact) mass is 525 g/mol. The summed E-state index contributed by atoms with van der Waals surface area (Å²) < 4.78 is 12.1. The van der Waals surface area contributed by atoms with Crippen molar-refractivity contribution in [1.82, 2.24) is 0 Å². The van der Waals surface area contributed by atoms with Crippen molar-refractivity contribution < 1.29 is 23.9 Å². The zero-order valence-electron chi connectivity index (χ0n) is 19.8. The van der Waals surface area contributed by atoms with E-state index in [1.807, 2.05) is 13.0 Å². The average Bonchev–Trinajstić information content (AvgIpc) is 2.85. The second-order valence-electron chi connectivity index (χ2n) is 9.25. The number of rotatable bonds is 5. The highest BCUT2D eigenvalue weighted by Crippen LogP contribution is 2.50. The Morgan fingerprint density at radius 3 is 2.28 bits per heavy atom. The van der Waals surface area contributed by atoms with Crippen molar-refractivity contribution in [3.05, 3.63) is 80.2 Å². The van der Waals surface area contributed by atoms with E-state index >= 15 is 0 Å². The van der Waals surface area contributed by atoms with Crippen LogP contribution < -0.4 is 10.1 Å². The van der Waals surface area contributed by atoms with Crippen LogP contribution in [0.25, 0.3) is 0 Å². The number of amides is 1. The topological polar surface area (TPSA) is 81.7 Å². The van der Waals surface area contributed by atoms with Crippen molar-refractivity contribution in [3.63, 3.8) is 0 Å². The van der Waals surface area contributed by atoms with Crippen LogP contribution in [0.3, 0.4) is 0 Å². The number of Topliss-reactive ketones (excluding diaryl/α,β-unsaturated/α-hetero) is 2. The lowest BCUT2D eigenvalue weighted by molar-refractivity contribution is -0.119. The maximum Gasteiger partial charge on any atom is 0.262 e. The van der Waals surface area contributed by atoms with E-state index in [1.165, 1.54) is 0 Å². The molecule has 0 radical (unpaired) electrons. The van der Waals surface area contributed by atoms with Crippen LogP contribution >= 0.6 is 23.2 Å². The number of carbonyl (C=O) groups excluding carboxylic acids is 3. The number of aryl methyl sites for hydroxylation is 1. The molecule has 3 aliphatic rings. The standard InChI is InChI=1S/C28H25Cl2NO5/c1-15-8-10-17(13-19(15)30)31-25(34)14-35-22-11-9-16(29)12-18(22)26-27-20(32)4-2-6-23(27)36-24-7-3-5-21(33)28(24)26/h8-13,26H,2-7,14H2,1H3,(H,31,34). The van der Waals surface area contributed by atoms with Crippen molar-refractivity contribution in [2.45, 2.75) is 51.4 Å². The Balaban J connectivity index is 1.47. The molecular weight excluding hydrogens is 501 g/mol. The van der Waals surface area contributed by atoms with Crippen LogP contribution in [-0.2, 0) is 19.1 Å². The summed E-state index contributed by atoms with van der Waals surface area (Å²) in [5, 5.41) is 3.77. The third kappa shape index (κ3) is 4.80. The lowest BCUT2D eigenvalue weighted by atomic mass is 9.73. The van der Waals surface area contributed by atoms with Gasteiger partial charge in [-0.2, -0.15) is 0 Å². The van der Waals surface area contributed by atoms with Gasteiger partial charge in [-0.05, 0) is 55.7 Å². The first kappa shape index (κ1) is 24.6. The largest absolute Gasteiger partial charge is 0.483 e. The number of carbonyl (C=O) groups is 3. The van der Waals surface area contributed by atoms with Crippen molar-refractivity contribution in [1.29, 1.82) is 0 Å². The van der Waals surface area contributed by atoms with E-state index in [1.54, 1.807) is 30.3 Å². The third-order valence-electron chi connectivity index (χ3n) is 6.74. The highest BCUT2D eigenvalue weighted by molar-refractivity contribution is 6.31. The lowest BCUT2D eigenvalue weighted by Gasteiger charge is -2.36. The Morgan fingerprint density at radius 2 is 1.64 bits per heavy atom. The smallest absolute Gasteiger partial charge is 0.262 e. The summed E-state index contributed by atoms with van der Waals surface area (Å²) in [5.41, 5.74) is 3.06. The van der Waals surface area contributed by atoms with Gasteiger partial charge in [0.05, 0.1) is 5.92 Å². The van der Waals surface area contributed by atoms with Crippen LogP contribution in [0, 0.1) is 6.92 Å². The van der Waals surface area contributed by atoms with Gasteiger partial charge in [0.2, 0.25) is 0 Å². The van der Waals surface area contributed by atoms with Gasteiger partial charge in [0, 0.05) is 58.1 Å². The molecule has 0 atom stereocenters. The van der Waals surface area contributed by atoms with Crippen molar-refractivity contribution >= 4 is 46.4 Å². The molecule has 1 heterocycles. The van der Waals surface area contributed by atoms with Crippen LogP contribution in [0.15, 0.2) is 59.1 Å². The SMILES string of the molecule is Cc1ccc(NC(=O)COc2ccc(Cl)cc2C2C3=C(CCCC3=O)OC3=C2C(=O)CCC3)cc1Cl. The quantitative estimate of drug-likeness (QED) is 0.485. The zero-order chi connectivity index (χ0) is 25.4. The summed E-state index contributed by atoms with van der Waals surface area (Å²) in [6, 6.07) is 10.3. The van der Waals surface area contributed by atoms with Gasteiger partial charge in [-0.3, -0.25) is 14.4 Å². The van der Waals surface area contributed by atoms with E-state index < -0.39 is 5.92 Å². The Kier molecular flexibility index (Phi) is 6.91. The first-order valence-corrected chi connectivity index (χ1v) is 12.8. The van der Waals surface area contributed by atoms with Crippen LogP contribution in [-0.4, -0.2) is 24.1 Å². The first-order chi connectivity index (χ1) is 17.3. The molecule has 0 fully saturated rings. The minimum atomic E-state index is -0.628. The number of ether oxygens (including phenoxy) is 2. The maximum atomic E-state index is 13.1. The fourth-order valence-electron chi connectivity index (χ4n) is 5.02. The van der Waals surface area contributed by atoms with E-state index in [-0.39, 0.29) is 24.1 Å². The molecule has 0 unspecified atom stereocenters. The number of anilines is 1. The average molecular weight is 526 g/mol. The molecule has 1 amide bonds. The third-order valence-corrected chi connectivity index (χ3v) is 7.38. The van der Waals surface area contributed by atoms with Crippen molar-refractivity contribution in [3.8, 4) is 5.75 Å². The highest BCUT2D eigenvalue weighted by atomic mass is 35.5. The Hall–Kier alpha value is -3.09. The van der Waals surface area contributed by atoms with Gasteiger partial charge in [-0.25, -0.2) is 0 Å². The predicted molar refractivity (Wildman–Crippen MR) is 137 cm³/mol. The van der Waals surface area contributed by atoms with Gasteiger partial charge in [-0.15, -0.1) is 0 Å². The van der Waals surface area contributed by atoms with E-state index in [0.717, 1.165) is 5.56 Å². The van der Waals surface area contributed by atoms with E-state index in [4.69, 9.17) is 32.7 Å². The van der Waals surface area contributed by atoms with E-state index in [0.29, 0.717) is 88.2 Å². The number of ketones is 2. The second-order valence-corrected chi connectivity index (χ2v) is 10.1. The molecule has 0 spiro atoms. The lowest BCUT2D eigenvalue weighted by Crippen LogP contribution is -2.30. The molecule has 2 aromatic carbocycles. The molecule has 1 N–H and O–H groups in total. The van der Waals surface area contributed by atoms with Gasteiger partial charge in [-0.1, -0.05) is 29.3 Å². The molecule has 2 aromatic rings. The van der Waals surface area contributed by atoms with Crippen LogP contribution in [0.1, 0.15) is 55.6 Å². The number of allylic oxidation sites excluding steroid dienone is 4. The molecule has 5 rings (SSSR count). The molecule has 0 saturated heterocycles. The molecule has 0 aromatic heterocycles. The van der Waals surface area contributed by atoms with Crippen molar-refractivity contribution in [2.75, 3.05) is 11.9 Å². The van der Waals surface area contributed by atoms with Gasteiger partial charge >= 0.3 is 0 Å². The summed E-state index contributed by atoms with van der Waals surface area (Å²) in [6.45, 7) is 1.61. The molecule has 8 heteroatoms. The summed E-state index contributed by atoms with van der Waals surface area (Å²) in [7, 11) is 0. The van der Waals surface area contributed by atoms with Gasteiger partial charge in [0.1, 0.15) is 17.3 Å². The highest BCUT2D eigenvalue weighted by Gasteiger charge is 2.42. The van der Waals surface area contributed by atoms with Crippen LogP contribution in [0.2, 0.25) is 10.0 Å². The molecule has 0 bridgehead atoms. The summed E-state index contributed by atoms with van der Waals surface area (Å²) in [6.07, 6.45) is 3.50. The Morgan fingerprint density at radius 1 is 0.972 bits per heavy atom. The zero-order valence-corrected chi connectivity index (χ0v) is 21.3. The molecule has 36 heavy (non-hydrogen) atoms. The summed E-state index contributed by atoms with van der Waals surface area (Å²) in [5.74, 6) is 0.576. The van der Waals surface area contributed by atoms with Gasteiger partial charge in [0.15, 0.2) is 18.2 Å². The Labute approximate surface area is 219 Å². The second kappa shape index (κ2) is 10.1. The molecule has 1 aliphatic heterocycles. The summed E-state index contributed by atoms with van der Waals surface area (Å²) >= 11 is 12.5. The maximum absolute atomic E-state index is 13.1. The van der Waals surface area contributed by atoms with Crippen molar-refractivity contribution in [2.24, 2.45) is 0 Å². The number of benzene rings is 2. The number of hydrogen-bond donors (Lipinski definition) is 1. The minimum Gasteiger partial charge on any atom is -0.483 e. The van der Waals surface area contributed by atoms with E-state index in [2.05, 4.69) is 5.32 Å². The Bertz CT molecular complexity index is 1300. The first-order valence-electron chi connectivity index (χ1n) is 12.0. The molecule has 0 saturated carbocycles.